The van der Waals surface area contributed by atoms with Crippen molar-refractivity contribution in [1.82, 2.24) is 0 Å². The highest BCUT2D eigenvalue weighted by molar-refractivity contribution is 6.30. The molecule has 0 amide bonds. The minimum Gasteiger partial charge on any atom is -0.0843 e. The standard InChI is InChI=1S/C14H8Cl2.C/c15-13-7-3-11(4-8-13)1-2-12-5-9-14(16)10-6-12;/h3-10H;. The van der Waals surface area contributed by atoms with Crippen molar-refractivity contribution >= 4 is 23.2 Å². The molecule has 0 atom stereocenters. The van der Waals surface area contributed by atoms with Crippen molar-refractivity contribution in [3.63, 3.8) is 0 Å². The molecule has 0 fully saturated rings. The average Bonchev–Trinajstić information content (AvgIpc) is 2.30. The number of rotatable bonds is 0. The van der Waals surface area contributed by atoms with Crippen LogP contribution >= 0.6 is 23.2 Å². The summed E-state index contributed by atoms with van der Waals surface area (Å²) in [6.07, 6.45) is 0. The Morgan fingerprint density at radius 1 is 0.588 bits per heavy atom. The Labute approximate surface area is 112 Å². The molecule has 0 aromatic heterocycles. The summed E-state index contributed by atoms with van der Waals surface area (Å²) in [5.74, 6) is 6.11. The molecule has 2 aromatic rings. The second kappa shape index (κ2) is 6.35. The van der Waals surface area contributed by atoms with Crippen molar-refractivity contribution in [1.29, 1.82) is 0 Å². The van der Waals surface area contributed by atoms with Gasteiger partial charge in [0.2, 0.25) is 0 Å². The van der Waals surface area contributed by atoms with E-state index >= 15 is 0 Å². The predicted octanol–water partition coefficient (Wildman–Crippen LogP) is 4.47. The molecule has 2 rings (SSSR count). The van der Waals surface area contributed by atoms with Crippen LogP contribution in [0.3, 0.4) is 0 Å². The lowest BCUT2D eigenvalue weighted by Crippen LogP contribution is -1.75. The second-order valence-corrected chi connectivity index (χ2v) is 4.14. The Kier molecular flexibility index (Phi) is 5.10. The zero-order valence-electron chi connectivity index (χ0n) is 8.87. The van der Waals surface area contributed by atoms with Crippen LogP contribution in [-0.2, 0) is 0 Å². The lowest BCUT2D eigenvalue weighted by Gasteiger charge is -1.91. The van der Waals surface area contributed by atoms with E-state index in [1.54, 1.807) is 0 Å². The smallest absolute Gasteiger partial charge is 0.0406 e. The van der Waals surface area contributed by atoms with Crippen molar-refractivity contribution in [3.05, 3.63) is 77.1 Å². The SMILES string of the molecule is Clc1ccc(C#Cc2ccc(Cl)cc2)cc1.[C]. The first-order chi connectivity index (χ1) is 7.74. The number of benzene rings is 2. The van der Waals surface area contributed by atoms with Gasteiger partial charge in [-0.1, -0.05) is 35.0 Å². The van der Waals surface area contributed by atoms with E-state index in [1.165, 1.54) is 0 Å². The third kappa shape index (κ3) is 4.15. The number of hydrogen-bond donors (Lipinski definition) is 0. The van der Waals surface area contributed by atoms with E-state index < -0.39 is 0 Å². The maximum Gasteiger partial charge on any atom is 0.0406 e. The van der Waals surface area contributed by atoms with Gasteiger partial charge < -0.3 is 0 Å². The van der Waals surface area contributed by atoms with Gasteiger partial charge in [-0.3, -0.25) is 0 Å². The Bertz CT molecular complexity index is 478. The van der Waals surface area contributed by atoms with Gasteiger partial charge in [-0.25, -0.2) is 0 Å². The fourth-order valence-corrected chi connectivity index (χ4v) is 1.46. The molecule has 0 aliphatic carbocycles. The Morgan fingerprint density at radius 3 is 1.18 bits per heavy atom. The molecule has 2 aromatic carbocycles. The van der Waals surface area contributed by atoms with Crippen LogP contribution in [-0.4, -0.2) is 0 Å². The maximum absolute atomic E-state index is 5.78. The second-order valence-electron chi connectivity index (χ2n) is 3.26. The minimum absolute atomic E-state index is 0. The van der Waals surface area contributed by atoms with E-state index in [0.717, 1.165) is 21.2 Å². The predicted molar refractivity (Wildman–Crippen MR) is 72.1 cm³/mol. The molecule has 0 aliphatic heterocycles. The van der Waals surface area contributed by atoms with Crippen molar-refractivity contribution < 1.29 is 0 Å². The average molecular weight is 259 g/mol. The number of halogens is 2. The summed E-state index contributed by atoms with van der Waals surface area (Å²) in [5, 5.41) is 1.44. The van der Waals surface area contributed by atoms with E-state index in [0.29, 0.717) is 0 Å². The minimum atomic E-state index is 0. The molecule has 0 N–H and O–H groups in total. The zero-order chi connectivity index (χ0) is 11.4. The van der Waals surface area contributed by atoms with Crippen molar-refractivity contribution in [2.24, 2.45) is 0 Å². The van der Waals surface area contributed by atoms with Gasteiger partial charge in [0.25, 0.3) is 0 Å². The van der Waals surface area contributed by atoms with Gasteiger partial charge in [0.15, 0.2) is 0 Å². The van der Waals surface area contributed by atoms with E-state index in [2.05, 4.69) is 11.8 Å². The molecular formula is C15H8Cl2. The van der Waals surface area contributed by atoms with Crippen LogP contribution in [0.5, 0.6) is 0 Å². The summed E-state index contributed by atoms with van der Waals surface area (Å²) in [6, 6.07) is 14.9. The van der Waals surface area contributed by atoms with Crippen LogP contribution in [0.1, 0.15) is 11.1 Å². The lowest BCUT2D eigenvalue weighted by atomic mass is 10.2. The van der Waals surface area contributed by atoms with E-state index in [-0.39, 0.29) is 7.43 Å². The molecular weight excluding hydrogens is 251 g/mol. The van der Waals surface area contributed by atoms with Gasteiger partial charge in [0, 0.05) is 28.6 Å². The van der Waals surface area contributed by atoms with Crippen molar-refractivity contribution in [3.8, 4) is 11.8 Å². The molecule has 0 unspecified atom stereocenters. The first-order valence-electron chi connectivity index (χ1n) is 4.77. The highest BCUT2D eigenvalue weighted by Crippen LogP contribution is 2.10. The topological polar surface area (TPSA) is 0 Å². The summed E-state index contributed by atoms with van der Waals surface area (Å²) in [4.78, 5) is 0. The molecule has 0 aliphatic rings. The molecule has 4 radical (unpaired) electrons. The summed E-state index contributed by atoms with van der Waals surface area (Å²) in [6.45, 7) is 0. The highest BCUT2D eigenvalue weighted by Gasteiger charge is 1.89. The van der Waals surface area contributed by atoms with Crippen molar-refractivity contribution in [2.45, 2.75) is 0 Å². The Morgan fingerprint density at radius 2 is 0.882 bits per heavy atom. The zero-order valence-corrected chi connectivity index (χ0v) is 10.4. The molecule has 0 spiro atoms. The van der Waals surface area contributed by atoms with Gasteiger partial charge in [0.05, 0.1) is 0 Å². The highest BCUT2D eigenvalue weighted by atomic mass is 35.5. The maximum atomic E-state index is 5.78. The largest absolute Gasteiger partial charge is 0.0843 e. The van der Waals surface area contributed by atoms with E-state index in [4.69, 9.17) is 23.2 Å². The van der Waals surface area contributed by atoms with Crippen LogP contribution in [0.2, 0.25) is 10.0 Å². The van der Waals surface area contributed by atoms with Crippen LogP contribution in [0.4, 0.5) is 0 Å². The Hall–Kier alpha value is -1.42. The van der Waals surface area contributed by atoms with Gasteiger partial charge >= 0.3 is 0 Å². The first kappa shape index (κ1) is 13.6. The Balaban J connectivity index is 0.00000144. The molecule has 0 bridgehead atoms. The van der Waals surface area contributed by atoms with E-state index in [1.807, 2.05) is 48.5 Å². The van der Waals surface area contributed by atoms with Gasteiger partial charge in [-0.05, 0) is 48.5 Å². The summed E-state index contributed by atoms with van der Waals surface area (Å²) in [5.41, 5.74) is 1.89. The number of hydrogen-bond acceptors (Lipinski definition) is 0. The van der Waals surface area contributed by atoms with Gasteiger partial charge in [0.1, 0.15) is 0 Å². The normalized spacial score (nSPS) is 8.82. The molecule has 82 valence electrons. The summed E-state index contributed by atoms with van der Waals surface area (Å²) in [7, 11) is 0. The van der Waals surface area contributed by atoms with E-state index in [9.17, 15) is 0 Å². The quantitative estimate of drug-likeness (QED) is 0.612. The summed E-state index contributed by atoms with van der Waals surface area (Å²) < 4.78 is 0. The molecule has 17 heavy (non-hydrogen) atoms. The van der Waals surface area contributed by atoms with Gasteiger partial charge in [-0.15, -0.1) is 0 Å². The third-order valence-electron chi connectivity index (χ3n) is 2.04. The first-order valence-corrected chi connectivity index (χ1v) is 5.53. The van der Waals surface area contributed by atoms with Crippen LogP contribution in [0.15, 0.2) is 48.5 Å². The van der Waals surface area contributed by atoms with Crippen LogP contribution in [0.25, 0.3) is 0 Å². The fraction of sp³-hybridized carbons (Fsp3) is 0. The lowest BCUT2D eigenvalue weighted by molar-refractivity contribution is 1.62. The summed E-state index contributed by atoms with van der Waals surface area (Å²) >= 11 is 11.6. The van der Waals surface area contributed by atoms with Crippen LogP contribution < -0.4 is 0 Å². The molecule has 0 nitrogen and oxygen atoms in total. The molecule has 2 heteroatoms. The molecule has 0 saturated heterocycles. The van der Waals surface area contributed by atoms with Crippen molar-refractivity contribution in [2.75, 3.05) is 0 Å². The van der Waals surface area contributed by atoms with Crippen LogP contribution in [0, 0.1) is 19.3 Å². The third-order valence-corrected chi connectivity index (χ3v) is 2.54. The molecule has 0 saturated carbocycles. The van der Waals surface area contributed by atoms with Gasteiger partial charge in [-0.2, -0.15) is 0 Å². The molecule has 0 heterocycles. The fourth-order valence-electron chi connectivity index (χ4n) is 1.21. The monoisotopic (exact) mass is 258 g/mol.